The van der Waals surface area contributed by atoms with Crippen LogP contribution in [-0.4, -0.2) is 24.7 Å². The lowest BCUT2D eigenvalue weighted by Crippen LogP contribution is -2.55. The molecule has 0 aromatic heterocycles. The molecule has 1 heterocycles. The van der Waals surface area contributed by atoms with Crippen molar-refractivity contribution >= 4 is 15.6 Å². The molecule has 5 saturated carbocycles. The summed E-state index contributed by atoms with van der Waals surface area (Å²) in [5.41, 5.74) is 0. The van der Waals surface area contributed by atoms with Crippen LogP contribution in [0.2, 0.25) is 0 Å². The predicted octanol–water partition coefficient (Wildman–Crippen LogP) is 0.253. The maximum atomic E-state index is 12.2. The molecule has 8 atom stereocenters. The lowest BCUT2D eigenvalue weighted by molar-refractivity contribution is -0.126. The minimum Gasteiger partial charge on any atom is -0.299 e. The Morgan fingerprint density at radius 3 is 2.47 bits per heavy atom. The van der Waals surface area contributed by atoms with Gasteiger partial charge in [-0.25, -0.2) is 8.42 Å². The number of Topliss-reactive ketones (excluding diaryl/α,β-unsaturated/α-hetero) is 1. The standard InChI is InChI=1S/C11H12O3S/c12-9-7-3-1-2-4-6-5(3)8(9)11(6)15(13,14)10(4)7/h3-8,10-11H,1-2H2. The van der Waals surface area contributed by atoms with Crippen LogP contribution in [0.3, 0.4) is 0 Å². The summed E-state index contributed by atoms with van der Waals surface area (Å²) < 4.78 is 24.5. The number of fused-ring (bicyclic) bond motifs is 2. The Morgan fingerprint density at radius 2 is 1.67 bits per heavy atom. The SMILES string of the molecule is O=C1C2C3CCC4C5C3C1C5S(=O)(=O)C42. The summed E-state index contributed by atoms with van der Waals surface area (Å²) in [5.74, 6) is 1.90. The number of rotatable bonds is 0. The van der Waals surface area contributed by atoms with E-state index in [0.717, 1.165) is 12.8 Å². The van der Waals surface area contributed by atoms with Gasteiger partial charge in [-0.05, 0) is 36.5 Å². The average molecular weight is 224 g/mol. The van der Waals surface area contributed by atoms with E-state index in [1.807, 2.05) is 0 Å². The van der Waals surface area contributed by atoms with Gasteiger partial charge in [0.25, 0.3) is 0 Å². The Labute approximate surface area is 88.1 Å². The first-order valence-corrected chi connectivity index (χ1v) is 7.51. The molecule has 6 fully saturated rings. The highest BCUT2D eigenvalue weighted by Crippen LogP contribution is 2.76. The Morgan fingerprint density at radius 1 is 0.933 bits per heavy atom. The molecule has 0 aromatic carbocycles. The molecule has 1 saturated heterocycles. The van der Waals surface area contributed by atoms with Crippen molar-refractivity contribution in [2.24, 2.45) is 35.5 Å². The number of ketones is 1. The highest BCUT2D eigenvalue weighted by molar-refractivity contribution is 7.93. The van der Waals surface area contributed by atoms with Gasteiger partial charge in [0.1, 0.15) is 5.78 Å². The molecular formula is C11H12O3S. The zero-order chi connectivity index (χ0) is 10.1. The van der Waals surface area contributed by atoms with E-state index in [1.54, 1.807) is 0 Å². The quantitative estimate of drug-likeness (QED) is 0.593. The first kappa shape index (κ1) is 7.82. The highest BCUT2D eigenvalue weighted by Gasteiger charge is 2.83. The Balaban J connectivity index is 1.90. The summed E-state index contributed by atoms with van der Waals surface area (Å²) >= 11 is 0. The van der Waals surface area contributed by atoms with E-state index in [-0.39, 0.29) is 22.3 Å². The molecule has 6 aliphatic rings. The predicted molar refractivity (Wildman–Crippen MR) is 51.7 cm³/mol. The van der Waals surface area contributed by atoms with Crippen molar-refractivity contribution in [2.75, 3.05) is 0 Å². The summed E-state index contributed by atoms with van der Waals surface area (Å²) in [7, 11) is -2.92. The van der Waals surface area contributed by atoms with Crippen LogP contribution in [0, 0.1) is 35.5 Å². The zero-order valence-electron chi connectivity index (χ0n) is 8.17. The van der Waals surface area contributed by atoms with Crippen molar-refractivity contribution in [3.05, 3.63) is 0 Å². The largest absolute Gasteiger partial charge is 0.299 e. The maximum Gasteiger partial charge on any atom is 0.158 e. The number of carbonyl (C=O) groups excluding carboxylic acids is 1. The molecule has 4 heteroatoms. The summed E-state index contributed by atoms with van der Waals surface area (Å²) in [6.07, 6.45) is 2.19. The van der Waals surface area contributed by atoms with Crippen LogP contribution < -0.4 is 0 Å². The van der Waals surface area contributed by atoms with Crippen LogP contribution in [0.25, 0.3) is 0 Å². The second-order valence-corrected chi connectivity index (χ2v) is 8.30. The molecular weight excluding hydrogens is 212 g/mol. The fourth-order valence-corrected chi connectivity index (χ4v) is 9.39. The maximum absolute atomic E-state index is 12.2. The topological polar surface area (TPSA) is 51.2 Å². The number of carbonyl (C=O) groups is 1. The third kappa shape index (κ3) is 0.500. The lowest BCUT2D eigenvalue weighted by Gasteiger charge is -2.52. The van der Waals surface area contributed by atoms with Gasteiger partial charge in [0, 0.05) is 11.8 Å². The van der Waals surface area contributed by atoms with Crippen molar-refractivity contribution in [1.82, 2.24) is 0 Å². The summed E-state index contributed by atoms with van der Waals surface area (Å²) in [6, 6.07) is 0. The number of hydrogen-bond acceptors (Lipinski definition) is 3. The lowest BCUT2D eigenvalue weighted by atomic mass is 9.50. The van der Waals surface area contributed by atoms with E-state index in [0.29, 0.717) is 29.5 Å². The van der Waals surface area contributed by atoms with Gasteiger partial charge in [0.05, 0.1) is 10.5 Å². The minimum absolute atomic E-state index is 0.0588. The third-order valence-corrected chi connectivity index (χ3v) is 8.84. The van der Waals surface area contributed by atoms with E-state index in [9.17, 15) is 13.2 Å². The molecule has 8 unspecified atom stereocenters. The van der Waals surface area contributed by atoms with Crippen molar-refractivity contribution in [2.45, 2.75) is 23.3 Å². The molecule has 6 rings (SSSR count). The van der Waals surface area contributed by atoms with Gasteiger partial charge in [0.15, 0.2) is 9.84 Å². The van der Waals surface area contributed by atoms with Gasteiger partial charge < -0.3 is 0 Å². The smallest absolute Gasteiger partial charge is 0.158 e. The summed E-state index contributed by atoms with van der Waals surface area (Å²) in [5, 5.41) is -0.472. The Bertz CT molecular complexity index is 508. The molecule has 0 aromatic rings. The molecule has 6 bridgehead atoms. The second-order valence-electron chi connectivity index (χ2n) is 6.03. The average Bonchev–Trinajstić information content (AvgIpc) is 2.36. The minimum atomic E-state index is -2.92. The molecule has 3 nitrogen and oxygen atoms in total. The zero-order valence-corrected chi connectivity index (χ0v) is 8.98. The monoisotopic (exact) mass is 224 g/mol. The van der Waals surface area contributed by atoms with Gasteiger partial charge >= 0.3 is 0 Å². The van der Waals surface area contributed by atoms with Crippen molar-refractivity contribution in [3.63, 3.8) is 0 Å². The van der Waals surface area contributed by atoms with E-state index in [2.05, 4.69) is 0 Å². The molecule has 0 radical (unpaired) electrons. The van der Waals surface area contributed by atoms with Crippen molar-refractivity contribution < 1.29 is 13.2 Å². The first-order chi connectivity index (χ1) is 7.14. The van der Waals surface area contributed by atoms with Crippen LogP contribution >= 0.6 is 0 Å². The van der Waals surface area contributed by atoms with Crippen molar-refractivity contribution in [3.8, 4) is 0 Å². The second kappa shape index (κ2) is 1.81. The number of sulfone groups is 1. The molecule has 5 aliphatic carbocycles. The van der Waals surface area contributed by atoms with Crippen LogP contribution in [-0.2, 0) is 14.6 Å². The molecule has 0 spiro atoms. The van der Waals surface area contributed by atoms with Gasteiger partial charge in [-0.15, -0.1) is 0 Å². The molecule has 15 heavy (non-hydrogen) atoms. The summed E-state index contributed by atoms with van der Waals surface area (Å²) in [4.78, 5) is 12.1. The van der Waals surface area contributed by atoms with Crippen LogP contribution in [0.5, 0.6) is 0 Å². The van der Waals surface area contributed by atoms with E-state index < -0.39 is 9.84 Å². The normalized spacial score (nSPS) is 70.0. The Kier molecular flexibility index (Phi) is 0.944. The fourth-order valence-electron chi connectivity index (χ4n) is 5.93. The van der Waals surface area contributed by atoms with E-state index >= 15 is 0 Å². The third-order valence-electron chi connectivity index (χ3n) is 6.07. The molecule has 0 N–H and O–H groups in total. The first-order valence-electron chi connectivity index (χ1n) is 5.90. The summed E-state index contributed by atoms with van der Waals surface area (Å²) in [6.45, 7) is 0. The number of hydrogen-bond donors (Lipinski definition) is 0. The Hall–Kier alpha value is -0.380. The van der Waals surface area contributed by atoms with Crippen molar-refractivity contribution in [1.29, 1.82) is 0 Å². The van der Waals surface area contributed by atoms with Crippen LogP contribution in [0.4, 0.5) is 0 Å². The molecule has 0 amide bonds. The highest BCUT2D eigenvalue weighted by atomic mass is 32.2. The van der Waals surface area contributed by atoms with Gasteiger partial charge in [-0.1, -0.05) is 0 Å². The van der Waals surface area contributed by atoms with Crippen LogP contribution in [0.15, 0.2) is 0 Å². The van der Waals surface area contributed by atoms with E-state index in [4.69, 9.17) is 0 Å². The van der Waals surface area contributed by atoms with E-state index in [1.165, 1.54) is 0 Å². The van der Waals surface area contributed by atoms with Gasteiger partial charge in [-0.3, -0.25) is 4.79 Å². The van der Waals surface area contributed by atoms with Crippen LogP contribution in [0.1, 0.15) is 12.8 Å². The molecule has 1 aliphatic heterocycles. The molecule has 80 valence electrons. The fraction of sp³-hybridized carbons (Fsp3) is 0.909. The van der Waals surface area contributed by atoms with Gasteiger partial charge in [0.2, 0.25) is 0 Å². The van der Waals surface area contributed by atoms with Gasteiger partial charge in [-0.2, -0.15) is 0 Å².